The van der Waals surface area contributed by atoms with Gasteiger partial charge in [-0.25, -0.2) is 4.98 Å². The van der Waals surface area contributed by atoms with E-state index in [4.69, 9.17) is 5.11 Å². The number of rotatable bonds is 0. The molecule has 0 spiro atoms. The van der Waals surface area contributed by atoms with Crippen LogP contribution in [-0.4, -0.2) is 15.1 Å². The van der Waals surface area contributed by atoms with Gasteiger partial charge in [-0.05, 0) is 12.1 Å². The molecule has 1 radical (unpaired) electrons. The Bertz CT molecular complexity index is 353. The molecule has 3 heteroatoms. The van der Waals surface area contributed by atoms with E-state index in [1.165, 1.54) is 0 Å². The lowest BCUT2D eigenvalue weighted by molar-refractivity contribution is 0.459. The van der Waals surface area contributed by atoms with Crippen molar-refractivity contribution in [1.82, 2.24) is 9.97 Å². The minimum Gasteiger partial charge on any atom is -0.492 e. The molecule has 2 N–H and O–H groups in total. The summed E-state index contributed by atoms with van der Waals surface area (Å²) in [6.45, 7) is 0. The Hall–Kier alpha value is -1.51. The molecule has 0 saturated heterocycles. The summed E-state index contributed by atoms with van der Waals surface area (Å²) in [4.78, 5) is 6.43. The highest BCUT2D eigenvalue weighted by atomic mass is 16.3. The molecular formula is C7H5N2O. The topological polar surface area (TPSA) is 48.9 Å². The fourth-order valence-corrected chi connectivity index (χ4v) is 0.914. The molecule has 49 valence electrons. The van der Waals surface area contributed by atoms with Gasteiger partial charge < -0.3 is 10.1 Å². The maximum absolute atomic E-state index is 9.09. The van der Waals surface area contributed by atoms with Gasteiger partial charge >= 0.3 is 0 Å². The average molecular weight is 133 g/mol. The molecule has 0 bridgehead atoms. The van der Waals surface area contributed by atoms with Crippen LogP contribution in [-0.2, 0) is 0 Å². The SMILES string of the molecule is Oc1n[c]cc2cc[nH]c12. The molecule has 10 heavy (non-hydrogen) atoms. The highest BCUT2D eigenvalue weighted by molar-refractivity contribution is 5.82. The summed E-state index contributed by atoms with van der Waals surface area (Å²) in [5, 5.41) is 10.0. The Balaban J connectivity index is 2.95. The van der Waals surface area contributed by atoms with Crippen LogP contribution in [0.3, 0.4) is 0 Å². The number of nitrogens with zero attached hydrogens (tertiary/aromatic N) is 1. The predicted molar refractivity (Wildman–Crippen MR) is 36.6 cm³/mol. The lowest BCUT2D eigenvalue weighted by atomic mass is 10.3. The zero-order valence-corrected chi connectivity index (χ0v) is 5.13. The van der Waals surface area contributed by atoms with Crippen molar-refractivity contribution < 1.29 is 5.11 Å². The van der Waals surface area contributed by atoms with Crippen molar-refractivity contribution in [2.24, 2.45) is 0 Å². The van der Waals surface area contributed by atoms with E-state index in [-0.39, 0.29) is 5.88 Å². The summed E-state index contributed by atoms with van der Waals surface area (Å²) < 4.78 is 0. The number of pyridine rings is 1. The molecule has 0 atom stereocenters. The molecule has 0 aromatic carbocycles. The normalized spacial score (nSPS) is 10.4. The van der Waals surface area contributed by atoms with Crippen LogP contribution >= 0.6 is 0 Å². The minimum absolute atomic E-state index is 0.00231. The second-order valence-electron chi connectivity index (χ2n) is 2.02. The largest absolute Gasteiger partial charge is 0.492 e. The third-order valence-corrected chi connectivity index (χ3v) is 1.39. The van der Waals surface area contributed by atoms with Crippen LogP contribution in [0.25, 0.3) is 10.9 Å². The standard InChI is InChI=1S/C7H5N2O/c10-7-6-5(1-3-8-6)2-4-9-7/h1-3,8H,(H,9,10). The fourth-order valence-electron chi connectivity index (χ4n) is 0.914. The van der Waals surface area contributed by atoms with Crippen LogP contribution in [0.5, 0.6) is 5.88 Å². The minimum atomic E-state index is 0.00231. The van der Waals surface area contributed by atoms with Gasteiger partial charge in [-0.1, -0.05) is 0 Å². The van der Waals surface area contributed by atoms with Gasteiger partial charge in [0.1, 0.15) is 5.52 Å². The van der Waals surface area contributed by atoms with Crippen molar-refractivity contribution >= 4 is 10.9 Å². The van der Waals surface area contributed by atoms with Gasteiger partial charge in [-0.3, -0.25) is 0 Å². The quantitative estimate of drug-likeness (QED) is 0.564. The number of nitrogens with one attached hydrogen (secondary N) is 1. The molecular weight excluding hydrogens is 128 g/mol. The lowest BCUT2D eigenvalue weighted by Crippen LogP contribution is -1.74. The smallest absolute Gasteiger partial charge is 0.236 e. The van der Waals surface area contributed by atoms with E-state index in [1.54, 1.807) is 12.3 Å². The summed E-state index contributed by atoms with van der Waals surface area (Å²) >= 11 is 0. The monoisotopic (exact) mass is 133 g/mol. The molecule has 2 aromatic heterocycles. The number of H-pyrrole nitrogens is 1. The molecule has 2 rings (SSSR count). The molecule has 2 aromatic rings. The highest BCUT2D eigenvalue weighted by Crippen LogP contribution is 2.18. The van der Waals surface area contributed by atoms with E-state index in [2.05, 4.69) is 16.2 Å². The van der Waals surface area contributed by atoms with Crippen LogP contribution in [0, 0.1) is 6.20 Å². The van der Waals surface area contributed by atoms with Crippen LogP contribution in [0.1, 0.15) is 0 Å². The van der Waals surface area contributed by atoms with E-state index in [0.717, 1.165) is 5.39 Å². The number of hydrogen-bond acceptors (Lipinski definition) is 2. The average Bonchev–Trinajstić information content (AvgIpc) is 2.36. The fraction of sp³-hybridized carbons (Fsp3) is 0. The van der Waals surface area contributed by atoms with Crippen molar-refractivity contribution in [3.63, 3.8) is 0 Å². The first-order valence-electron chi connectivity index (χ1n) is 2.91. The van der Waals surface area contributed by atoms with E-state index in [1.807, 2.05) is 6.07 Å². The van der Waals surface area contributed by atoms with Crippen molar-refractivity contribution in [2.45, 2.75) is 0 Å². The van der Waals surface area contributed by atoms with Gasteiger partial charge in [-0.2, -0.15) is 0 Å². The van der Waals surface area contributed by atoms with Gasteiger partial charge in [-0.15, -0.1) is 0 Å². The number of fused-ring (bicyclic) bond motifs is 1. The lowest BCUT2D eigenvalue weighted by Gasteiger charge is -1.89. The Morgan fingerprint density at radius 3 is 3.30 bits per heavy atom. The zero-order valence-electron chi connectivity index (χ0n) is 5.13. The molecule has 3 nitrogen and oxygen atoms in total. The molecule has 0 amide bonds. The molecule has 2 heterocycles. The molecule has 0 aliphatic carbocycles. The summed E-state index contributed by atoms with van der Waals surface area (Å²) in [7, 11) is 0. The van der Waals surface area contributed by atoms with E-state index in [0.29, 0.717) is 5.52 Å². The first-order valence-corrected chi connectivity index (χ1v) is 2.91. The van der Waals surface area contributed by atoms with Crippen molar-refractivity contribution in [3.05, 3.63) is 24.5 Å². The number of hydrogen-bond donors (Lipinski definition) is 2. The number of aromatic hydroxyl groups is 1. The van der Waals surface area contributed by atoms with Crippen LogP contribution in [0.4, 0.5) is 0 Å². The molecule has 0 unspecified atom stereocenters. The van der Waals surface area contributed by atoms with E-state index < -0.39 is 0 Å². The summed E-state index contributed by atoms with van der Waals surface area (Å²) in [6.07, 6.45) is 4.32. The van der Waals surface area contributed by atoms with Crippen LogP contribution < -0.4 is 0 Å². The van der Waals surface area contributed by atoms with Crippen LogP contribution in [0.15, 0.2) is 18.3 Å². The second kappa shape index (κ2) is 1.73. The number of aromatic nitrogens is 2. The van der Waals surface area contributed by atoms with Gasteiger partial charge in [0.2, 0.25) is 5.88 Å². The maximum atomic E-state index is 9.09. The molecule has 0 aliphatic rings. The zero-order chi connectivity index (χ0) is 6.97. The van der Waals surface area contributed by atoms with E-state index in [9.17, 15) is 0 Å². The van der Waals surface area contributed by atoms with Crippen molar-refractivity contribution in [3.8, 4) is 5.88 Å². The van der Waals surface area contributed by atoms with Crippen LogP contribution in [0.2, 0.25) is 0 Å². The van der Waals surface area contributed by atoms with Crippen molar-refractivity contribution in [1.29, 1.82) is 0 Å². The van der Waals surface area contributed by atoms with Gasteiger partial charge in [0, 0.05) is 11.6 Å². The molecule has 0 saturated carbocycles. The third kappa shape index (κ3) is 0.572. The van der Waals surface area contributed by atoms with Gasteiger partial charge in [0.25, 0.3) is 0 Å². The predicted octanol–water partition coefficient (Wildman–Crippen LogP) is 1.07. The summed E-state index contributed by atoms with van der Waals surface area (Å²) in [6, 6.07) is 3.57. The third-order valence-electron chi connectivity index (χ3n) is 1.39. The maximum Gasteiger partial charge on any atom is 0.236 e. The van der Waals surface area contributed by atoms with Crippen molar-refractivity contribution in [2.75, 3.05) is 0 Å². The summed E-state index contributed by atoms with van der Waals surface area (Å²) in [5.74, 6) is 0.00231. The Kier molecular flexibility index (Phi) is 0.917. The summed E-state index contributed by atoms with van der Waals surface area (Å²) in [5.41, 5.74) is 0.666. The van der Waals surface area contributed by atoms with Gasteiger partial charge in [0.15, 0.2) is 0 Å². The number of aromatic amines is 1. The Morgan fingerprint density at radius 1 is 1.60 bits per heavy atom. The van der Waals surface area contributed by atoms with Gasteiger partial charge in [0.05, 0.1) is 6.20 Å². The first-order chi connectivity index (χ1) is 4.88. The second-order valence-corrected chi connectivity index (χ2v) is 2.02. The highest BCUT2D eigenvalue weighted by Gasteiger charge is 1.98. The molecule has 0 fully saturated rings. The Morgan fingerprint density at radius 2 is 2.50 bits per heavy atom. The first kappa shape index (κ1) is 5.29. The van der Waals surface area contributed by atoms with E-state index >= 15 is 0 Å². The Labute approximate surface area is 57.3 Å². The molecule has 0 aliphatic heterocycles.